The summed E-state index contributed by atoms with van der Waals surface area (Å²) in [6.07, 6.45) is -3.30. The minimum Gasteiger partial charge on any atom is -0.478 e. The average Bonchev–Trinajstić information content (AvgIpc) is 2.20. The Morgan fingerprint density at radius 2 is 1.94 bits per heavy atom. The first-order chi connectivity index (χ1) is 7.41. The summed E-state index contributed by atoms with van der Waals surface area (Å²) < 4.78 is 36.7. The quantitative estimate of drug-likeness (QED) is 0.835. The predicted octanol–water partition coefficient (Wildman–Crippen LogP) is 1.73. The lowest BCUT2D eigenvalue weighted by Gasteiger charge is -2.06. The molecule has 2 N–H and O–H groups in total. The summed E-state index contributed by atoms with van der Waals surface area (Å²) in [5, 5.41) is 10.1. The van der Waals surface area contributed by atoms with Crippen LogP contribution in [0.3, 0.4) is 0 Å². The van der Waals surface area contributed by atoms with Gasteiger partial charge in [-0.1, -0.05) is 0 Å². The molecule has 1 amide bonds. The molecule has 1 aromatic carbocycles. The topological polar surface area (TPSA) is 66.4 Å². The highest BCUT2D eigenvalue weighted by molar-refractivity contribution is 5.95. The third kappa shape index (κ3) is 2.72. The first kappa shape index (κ1) is 12.0. The van der Waals surface area contributed by atoms with Crippen molar-refractivity contribution in [3.8, 4) is 0 Å². The van der Waals surface area contributed by atoms with Crippen molar-refractivity contribution in [3.05, 3.63) is 29.6 Å². The number of hydrogen-bond acceptors (Lipinski definition) is 2. The van der Waals surface area contributed by atoms with E-state index in [9.17, 15) is 22.8 Å². The van der Waals surface area contributed by atoms with Crippen molar-refractivity contribution in [2.75, 3.05) is 5.32 Å². The van der Waals surface area contributed by atoms with Crippen LogP contribution in [0.1, 0.15) is 10.4 Å². The van der Waals surface area contributed by atoms with Gasteiger partial charge < -0.3 is 10.4 Å². The van der Waals surface area contributed by atoms with Crippen LogP contribution in [0.2, 0.25) is 0 Å². The summed E-state index contributed by atoms with van der Waals surface area (Å²) in [4.78, 5) is 21.1. The first-order valence-corrected chi connectivity index (χ1v) is 4.03. The van der Waals surface area contributed by atoms with Gasteiger partial charge >= 0.3 is 12.4 Å². The number of rotatable bonds is 3. The minimum atomic E-state index is -3.30. The van der Waals surface area contributed by atoms with E-state index in [0.717, 1.165) is 18.2 Å². The van der Waals surface area contributed by atoms with Crippen LogP contribution >= 0.6 is 0 Å². The molecule has 1 rings (SSSR count). The van der Waals surface area contributed by atoms with E-state index in [2.05, 4.69) is 0 Å². The van der Waals surface area contributed by atoms with E-state index in [1.165, 1.54) is 0 Å². The van der Waals surface area contributed by atoms with Crippen molar-refractivity contribution in [3.63, 3.8) is 0 Å². The van der Waals surface area contributed by atoms with E-state index in [4.69, 9.17) is 5.11 Å². The Balaban J connectivity index is 2.99. The molecule has 16 heavy (non-hydrogen) atoms. The summed E-state index contributed by atoms with van der Waals surface area (Å²) in [5.41, 5.74) is -0.906. The highest BCUT2D eigenvalue weighted by atomic mass is 19.3. The summed E-state index contributed by atoms with van der Waals surface area (Å²) in [7, 11) is 0. The molecule has 0 heterocycles. The number of halogens is 3. The lowest BCUT2D eigenvalue weighted by molar-refractivity contribution is -0.126. The largest absolute Gasteiger partial charge is 0.478 e. The monoisotopic (exact) mass is 233 g/mol. The molecule has 0 saturated heterocycles. The van der Waals surface area contributed by atoms with Gasteiger partial charge in [0.25, 0.3) is 5.91 Å². The third-order valence-electron chi connectivity index (χ3n) is 1.67. The molecule has 0 aromatic heterocycles. The van der Waals surface area contributed by atoms with Gasteiger partial charge in [-0.2, -0.15) is 8.78 Å². The second-order valence-corrected chi connectivity index (χ2v) is 2.79. The van der Waals surface area contributed by atoms with Crippen molar-refractivity contribution in [2.45, 2.75) is 6.43 Å². The molecule has 0 atom stereocenters. The number of benzene rings is 1. The normalized spacial score (nSPS) is 10.2. The fourth-order valence-corrected chi connectivity index (χ4v) is 0.941. The summed E-state index contributed by atoms with van der Waals surface area (Å²) in [6, 6.07) is 2.48. The first-order valence-electron chi connectivity index (χ1n) is 4.03. The molecule has 0 aliphatic rings. The Bertz CT molecular complexity index is 434. The van der Waals surface area contributed by atoms with Crippen molar-refractivity contribution in [2.24, 2.45) is 0 Å². The maximum Gasteiger partial charge on any atom is 0.335 e. The minimum absolute atomic E-state index is 0.314. The molecular weight excluding hydrogens is 227 g/mol. The number of nitrogens with one attached hydrogen (secondary N) is 1. The fraction of sp³-hybridized carbons (Fsp3) is 0.111. The van der Waals surface area contributed by atoms with Crippen LogP contribution in [0.25, 0.3) is 0 Å². The molecule has 0 aliphatic heterocycles. The molecule has 0 aliphatic carbocycles. The lowest BCUT2D eigenvalue weighted by atomic mass is 10.2. The summed E-state index contributed by atoms with van der Waals surface area (Å²) >= 11 is 0. The number of amides is 1. The van der Waals surface area contributed by atoms with Crippen LogP contribution in [0, 0.1) is 5.82 Å². The second-order valence-electron chi connectivity index (χ2n) is 2.79. The molecule has 0 bridgehead atoms. The van der Waals surface area contributed by atoms with Crippen LogP contribution in [-0.2, 0) is 4.79 Å². The van der Waals surface area contributed by atoms with Gasteiger partial charge in [0.2, 0.25) is 0 Å². The highest BCUT2D eigenvalue weighted by Gasteiger charge is 2.17. The van der Waals surface area contributed by atoms with Crippen LogP contribution in [0.15, 0.2) is 18.2 Å². The standard InChI is InChI=1S/C9H6F3NO3/c10-5-2-1-4(9(15)16)3-6(5)13-8(14)7(11)12/h1-3,7H,(H,13,14)(H,15,16). The zero-order valence-corrected chi connectivity index (χ0v) is 7.71. The van der Waals surface area contributed by atoms with Gasteiger partial charge in [0.15, 0.2) is 0 Å². The fourth-order valence-electron chi connectivity index (χ4n) is 0.941. The molecule has 1 aromatic rings. The zero-order valence-electron chi connectivity index (χ0n) is 7.71. The lowest BCUT2D eigenvalue weighted by Crippen LogP contribution is -2.21. The maximum absolute atomic E-state index is 13.0. The Morgan fingerprint density at radius 3 is 2.44 bits per heavy atom. The molecular formula is C9H6F3NO3. The predicted molar refractivity (Wildman–Crippen MR) is 48.0 cm³/mol. The van der Waals surface area contributed by atoms with E-state index < -0.39 is 29.8 Å². The highest BCUT2D eigenvalue weighted by Crippen LogP contribution is 2.16. The Kier molecular flexibility index (Phi) is 3.49. The molecule has 7 heteroatoms. The smallest absolute Gasteiger partial charge is 0.335 e. The van der Waals surface area contributed by atoms with Crippen LogP contribution in [-0.4, -0.2) is 23.4 Å². The van der Waals surface area contributed by atoms with Gasteiger partial charge in [-0.3, -0.25) is 4.79 Å². The van der Waals surface area contributed by atoms with E-state index >= 15 is 0 Å². The van der Waals surface area contributed by atoms with Crippen LogP contribution in [0.4, 0.5) is 18.9 Å². The SMILES string of the molecule is O=C(O)c1ccc(F)c(NC(=O)C(F)F)c1. The molecule has 86 valence electrons. The molecule has 0 radical (unpaired) electrons. The van der Waals surface area contributed by atoms with E-state index in [0.29, 0.717) is 0 Å². The van der Waals surface area contributed by atoms with Gasteiger partial charge in [0.1, 0.15) is 5.82 Å². The van der Waals surface area contributed by atoms with E-state index in [-0.39, 0.29) is 5.56 Å². The summed E-state index contributed by atoms with van der Waals surface area (Å²) in [5.74, 6) is -4.03. The number of aromatic carboxylic acids is 1. The van der Waals surface area contributed by atoms with E-state index in [1.54, 1.807) is 5.32 Å². The number of carboxylic acid groups (broad SMARTS) is 1. The number of carbonyl (C=O) groups is 2. The number of carbonyl (C=O) groups excluding carboxylic acids is 1. The van der Waals surface area contributed by atoms with Crippen LogP contribution < -0.4 is 5.32 Å². The van der Waals surface area contributed by atoms with Gasteiger partial charge in [-0.05, 0) is 18.2 Å². The Morgan fingerprint density at radius 1 is 1.31 bits per heavy atom. The van der Waals surface area contributed by atoms with Gasteiger partial charge in [-0.25, -0.2) is 9.18 Å². The van der Waals surface area contributed by atoms with Gasteiger partial charge in [0.05, 0.1) is 11.3 Å². The van der Waals surface area contributed by atoms with Gasteiger partial charge in [0, 0.05) is 0 Å². The molecule has 4 nitrogen and oxygen atoms in total. The van der Waals surface area contributed by atoms with Crippen molar-refractivity contribution < 1.29 is 27.9 Å². The number of anilines is 1. The molecule has 0 unspecified atom stereocenters. The van der Waals surface area contributed by atoms with Crippen molar-refractivity contribution in [1.29, 1.82) is 0 Å². The van der Waals surface area contributed by atoms with Gasteiger partial charge in [-0.15, -0.1) is 0 Å². The summed E-state index contributed by atoms with van der Waals surface area (Å²) in [6.45, 7) is 0. The van der Waals surface area contributed by atoms with Crippen LogP contribution in [0.5, 0.6) is 0 Å². The van der Waals surface area contributed by atoms with E-state index in [1.807, 2.05) is 0 Å². The molecule has 0 fully saturated rings. The molecule has 0 saturated carbocycles. The number of alkyl halides is 2. The van der Waals surface area contributed by atoms with Crippen molar-refractivity contribution in [1.82, 2.24) is 0 Å². The number of hydrogen-bond donors (Lipinski definition) is 2. The maximum atomic E-state index is 13.0. The molecule has 0 spiro atoms. The zero-order chi connectivity index (χ0) is 12.3. The van der Waals surface area contributed by atoms with Crippen molar-refractivity contribution >= 4 is 17.6 Å². The average molecular weight is 233 g/mol. The third-order valence-corrected chi connectivity index (χ3v) is 1.67. The Labute approximate surface area is 87.7 Å². The number of carboxylic acids is 1. The Hall–Kier alpha value is -2.05. The second kappa shape index (κ2) is 4.65.